The van der Waals surface area contributed by atoms with Crippen molar-refractivity contribution in [2.75, 3.05) is 0 Å². The predicted octanol–water partition coefficient (Wildman–Crippen LogP) is 1.53. The normalized spacial score (nSPS) is 18.4. The van der Waals surface area contributed by atoms with Gasteiger partial charge in [0.05, 0.1) is 6.54 Å². The van der Waals surface area contributed by atoms with Gasteiger partial charge >= 0.3 is 5.97 Å². The number of amides is 1. The number of aromatic nitrogens is 1. The van der Waals surface area contributed by atoms with Gasteiger partial charge in [-0.05, 0) is 11.6 Å². The van der Waals surface area contributed by atoms with Crippen molar-refractivity contribution in [3.05, 3.63) is 35.5 Å². The van der Waals surface area contributed by atoms with Crippen LogP contribution in [0.25, 0.3) is 10.9 Å². The lowest BCUT2D eigenvalue weighted by atomic mass is 9.96. The Kier molecular flexibility index (Phi) is 2.55. The highest BCUT2D eigenvalue weighted by atomic mass is 16.4. The predicted molar refractivity (Wildman–Crippen MR) is 69.7 cm³/mol. The molecule has 0 fully saturated rings. The first-order valence-electron chi connectivity index (χ1n) is 6.16. The van der Waals surface area contributed by atoms with Crippen LogP contribution in [-0.2, 0) is 22.6 Å². The molecule has 2 aromatic rings. The Bertz CT molecular complexity index is 674. The van der Waals surface area contributed by atoms with E-state index in [-0.39, 0.29) is 5.91 Å². The third-order valence-electron chi connectivity index (χ3n) is 3.69. The van der Waals surface area contributed by atoms with Crippen molar-refractivity contribution in [2.24, 2.45) is 0 Å². The molecule has 0 unspecified atom stereocenters. The maximum Gasteiger partial charge on any atom is 0.326 e. The molecule has 1 aliphatic heterocycles. The van der Waals surface area contributed by atoms with Gasteiger partial charge in [0.15, 0.2) is 0 Å². The number of benzene rings is 1. The Morgan fingerprint density at radius 1 is 1.37 bits per heavy atom. The third kappa shape index (κ3) is 1.78. The quantitative estimate of drug-likeness (QED) is 0.814. The van der Waals surface area contributed by atoms with Crippen LogP contribution in [0, 0.1) is 0 Å². The number of para-hydroxylation sites is 1. The van der Waals surface area contributed by atoms with E-state index in [1.807, 2.05) is 24.3 Å². The van der Waals surface area contributed by atoms with Crippen LogP contribution in [0.3, 0.4) is 0 Å². The summed E-state index contributed by atoms with van der Waals surface area (Å²) in [5, 5.41) is 10.3. The van der Waals surface area contributed by atoms with Crippen LogP contribution >= 0.6 is 0 Å². The fraction of sp³-hybridized carbons (Fsp3) is 0.286. The Morgan fingerprint density at radius 2 is 2.11 bits per heavy atom. The number of fused-ring (bicyclic) bond motifs is 3. The largest absolute Gasteiger partial charge is 0.480 e. The second-order valence-electron chi connectivity index (χ2n) is 4.83. The maximum absolute atomic E-state index is 11.6. The number of rotatable bonds is 1. The van der Waals surface area contributed by atoms with Crippen LogP contribution in [-0.4, -0.2) is 32.9 Å². The molecular weight excluding hydrogens is 244 g/mol. The molecule has 1 aromatic heterocycles. The van der Waals surface area contributed by atoms with Crippen LogP contribution in [0.15, 0.2) is 24.3 Å². The summed E-state index contributed by atoms with van der Waals surface area (Å²) in [6.45, 7) is 1.74. The number of carboxylic acids is 1. The van der Waals surface area contributed by atoms with Crippen molar-refractivity contribution < 1.29 is 14.7 Å². The molecule has 0 saturated heterocycles. The smallest absolute Gasteiger partial charge is 0.326 e. The van der Waals surface area contributed by atoms with E-state index in [0.29, 0.717) is 13.0 Å². The summed E-state index contributed by atoms with van der Waals surface area (Å²) < 4.78 is 0. The summed E-state index contributed by atoms with van der Waals surface area (Å²) >= 11 is 0. The molecule has 98 valence electrons. The Hall–Kier alpha value is -2.30. The number of nitrogens with zero attached hydrogens (tertiary/aromatic N) is 1. The van der Waals surface area contributed by atoms with Gasteiger partial charge in [0.2, 0.25) is 5.91 Å². The Balaban J connectivity index is 2.12. The van der Waals surface area contributed by atoms with Crippen molar-refractivity contribution in [3.8, 4) is 0 Å². The van der Waals surface area contributed by atoms with E-state index in [2.05, 4.69) is 4.98 Å². The van der Waals surface area contributed by atoms with Gasteiger partial charge in [0, 0.05) is 29.9 Å². The average molecular weight is 258 g/mol. The molecule has 0 radical (unpaired) electrons. The van der Waals surface area contributed by atoms with E-state index >= 15 is 0 Å². The minimum absolute atomic E-state index is 0.211. The van der Waals surface area contributed by atoms with Gasteiger partial charge in [-0.15, -0.1) is 0 Å². The zero-order valence-electron chi connectivity index (χ0n) is 10.5. The number of carbonyl (C=O) groups excluding carboxylic acids is 1. The molecule has 1 aromatic carbocycles. The van der Waals surface area contributed by atoms with E-state index < -0.39 is 12.0 Å². The summed E-state index contributed by atoms with van der Waals surface area (Å²) in [5.74, 6) is -1.16. The van der Waals surface area contributed by atoms with Crippen molar-refractivity contribution in [2.45, 2.75) is 25.9 Å². The molecule has 19 heavy (non-hydrogen) atoms. The van der Waals surface area contributed by atoms with Crippen LogP contribution in [0.2, 0.25) is 0 Å². The summed E-state index contributed by atoms with van der Waals surface area (Å²) in [7, 11) is 0. The topological polar surface area (TPSA) is 73.4 Å². The molecule has 0 bridgehead atoms. The third-order valence-corrected chi connectivity index (χ3v) is 3.69. The van der Waals surface area contributed by atoms with E-state index in [1.54, 1.807) is 0 Å². The van der Waals surface area contributed by atoms with Gasteiger partial charge in [-0.25, -0.2) is 4.79 Å². The van der Waals surface area contributed by atoms with Crippen LogP contribution < -0.4 is 0 Å². The number of carboxylic acid groups (broad SMARTS) is 1. The molecule has 0 saturated carbocycles. The number of nitrogens with one attached hydrogen (secondary N) is 1. The fourth-order valence-corrected chi connectivity index (χ4v) is 2.76. The lowest BCUT2D eigenvalue weighted by Crippen LogP contribution is -2.47. The van der Waals surface area contributed by atoms with Crippen LogP contribution in [0.1, 0.15) is 18.2 Å². The lowest BCUT2D eigenvalue weighted by Gasteiger charge is -2.32. The molecule has 0 spiro atoms. The van der Waals surface area contributed by atoms with Crippen molar-refractivity contribution in [1.82, 2.24) is 9.88 Å². The zero-order valence-corrected chi connectivity index (χ0v) is 10.5. The first-order valence-corrected chi connectivity index (χ1v) is 6.16. The van der Waals surface area contributed by atoms with Gasteiger partial charge in [0.25, 0.3) is 0 Å². The minimum Gasteiger partial charge on any atom is -0.480 e. The second kappa shape index (κ2) is 4.12. The average Bonchev–Trinajstić information content (AvgIpc) is 2.74. The molecule has 1 aliphatic rings. The molecule has 1 atom stereocenters. The minimum atomic E-state index is -0.953. The van der Waals surface area contributed by atoms with E-state index in [0.717, 1.165) is 22.2 Å². The summed E-state index contributed by atoms with van der Waals surface area (Å²) in [4.78, 5) is 27.6. The molecule has 5 nitrogen and oxygen atoms in total. The highest BCUT2D eigenvalue weighted by molar-refractivity contribution is 5.88. The highest BCUT2D eigenvalue weighted by Crippen LogP contribution is 2.30. The zero-order chi connectivity index (χ0) is 13.6. The van der Waals surface area contributed by atoms with Crippen LogP contribution in [0.5, 0.6) is 0 Å². The van der Waals surface area contributed by atoms with Crippen LogP contribution in [0.4, 0.5) is 0 Å². The molecule has 3 rings (SSSR count). The number of H-pyrrole nitrogens is 1. The number of aromatic amines is 1. The number of aliphatic carboxylic acids is 1. The molecular formula is C14H14N2O3. The molecule has 5 heteroatoms. The fourth-order valence-electron chi connectivity index (χ4n) is 2.76. The molecule has 0 aliphatic carbocycles. The van der Waals surface area contributed by atoms with Crippen molar-refractivity contribution in [1.29, 1.82) is 0 Å². The van der Waals surface area contributed by atoms with Gasteiger partial charge in [0.1, 0.15) is 6.04 Å². The summed E-state index contributed by atoms with van der Waals surface area (Å²) in [6, 6.07) is 7.03. The standard InChI is InChI=1S/C14H14N2O3/c1-8(17)16-7-12-10(6-13(16)14(18)19)9-4-2-3-5-11(9)15-12/h2-5,13,15H,6-7H2,1H3,(H,18,19)/t13-/m0/s1. The number of hydrogen-bond donors (Lipinski definition) is 2. The lowest BCUT2D eigenvalue weighted by molar-refractivity contribution is -0.150. The van der Waals surface area contributed by atoms with Gasteiger partial charge in [-0.3, -0.25) is 4.79 Å². The highest BCUT2D eigenvalue weighted by Gasteiger charge is 2.34. The number of carbonyl (C=O) groups is 2. The van der Waals surface area contributed by atoms with Gasteiger partial charge < -0.3 is 15.0 Å². The van der Waals surface area contributed by atoms with Gasteiger partial charge in [-0.1, -0.05) is 18.2 Å². The SMILES string of the molecule is CC(=O)N1Cc2[nH]c3ccccc3c2C[C@H]1C(=O)O. The van der Waals surface area contributed by atoms with E-state index in [4.69, 9.17) is 0 Å². The van der Waals surface area contributed by atoms with E-state index in [1.165, 1.54) is 11.8 Å². The summed E-state index contributed by atoms with van der Waals surface area (Å²) in [5.41, 5.74) is 2.94. The van der Waals surface area contributed by atoms with Crippen molar-refractivity contribution in [3.63, 3.8) is 0 Å². The monoisotopic (exact) mass is 258 g/mol. The molecule has 1 amide bonds. The molecule has 2 heterocycles. The number of hydrogen-bond acceptors (Lipinski definition) is 2. The second-order valence-corrected chi connectivity index (χ2v) is 4.83. The Morgan fingerprint density at radius 3 is 2.79 bits per heavy atom. The summed E-state index contributed by atoms with van der Waals surface area (Å²) in [6.07, 6.45) is 0.355. The first-order chi connectivity index (χ1) is 9.08. The maximum atomic E-state index is 11.6. The Labute approximate surface area is 109 Å². The van der Waals surface area contributed by atoms with E-state index in [9.17, 15) is 14.7 Å². The first kappa shape index (κ1) is 11.8. The van der Waals surface area contributed by atoms with Gasteiger partial charge in [-0.2, -0.15) is 0 Å². The molecule has 2 N–H and O–H groups in total. The van der Waals surface area contributed by atoms with Crippen molar-refractivity contribution >= 4 is 22.8 Å².